The van der Waals surface area contributed by atoms with Crippen LogP contribution in [0, 0.1) is 0 Å². The molecule has 5 amide bonds. The Morgan fingerprint density at radius 1 is 0.479 bits per heavy atom. The summed E-state index contributed by atoms with van der Waals surface area (Å²) in [7, 11) is 0. The minimum absolute atomic E-state index is 0.100. The van der Waals surface area contributed by atoms with E-state index < -0.39 is 18.0 Å². The van der Waals surface area contributed by atoms with Gasteiger partial charge in [0.25, 0.3) is 0 Å². The van der Waals surface area contributed by atoms with Crippen molar-refractivity contribution in [2.24, 2.45) is 17.2 Å². The number of hydrogen-bond donors (Lipinski definition) is 7. The molecule has 48 heavy (non-hydrogen) atoms. The summed E-state index contributed by atoms with van der Waals surface area (Å²) >= 11 is 0. The number of hydrogen-bond acceptors (Lipinski definition) is 7. The van der Waals surface area contributed by atoms with Crippen molar-refractivity contribution in [3.63, 3.8) is 0 Å². The summed E-state index contributed by atoms with van der Waals surface area (Å²) in [6.07, 6.45) is 20.5. The van der Waals surface area contributed by atoms with Gasteiger partial charge >= 0.3 is 0 Å². The molecular weight excluding hydrogens is 610 g/mol. The van der Waals surface area contributed by atoms with Gasteiger partial charge in [-0.3, -0.25) is 24.0 Å². The molecule has 280 valence electrons. The molecule has 0 bridgehead atoms. The lowest BCUT2D eigenvalue weighted by Gasteiger charge is -2.18. The minimum atomic E-state index is -0.611. The van der Waals surface area contributed by atoms with Gasteiger partial charge in [-0.25, -0.2) is 0 Å². The second-order valence-corrected chi connectivity index (χ2v) is 13.1. The van der Waals surface area contributed by atoms with E-state index in [1.165, 1.54) is 0 Å². The van der Waals surface area contributed by atoms with Gasteiger partial charge in [0.15, 0.2) is 0 Å². The molecule has 0 fully saturated rings. The van der Waals surface area contributed by atoms with E-state index >= 15 is 0 Å². The third-order valence-corrected chi connectivity index (χ3v) is 8.51. The number of nitrogens with one attached hydrogen (secondary N) is 4. The third kappa shape index (κ3) is 28.3. The topological polar surface area (TPSA) is 212 Å². The Balaban J connectivity index is 4.00. The van der Waals surface area contributed by atoms with Crippen LogP contribution in [0.1, 0.15) is 161 Å². The highest BCUT2D eigenvalue weighted by Crippen LogP contribution is 2.11. The fourth-order valence-corrected chi connectivity index (χ4v) is 5.49. The molecule has 0 spiro atoms. The van der Waals surface area contributed by atoms with E-state index in [1.54, 1.807) is 0 Å². The van der Waals surface area contributed by atoms with E-state index in [4.69, 9.17) is 17.2 Å². The maximum Gasteiger partial charge on any atom is 0.242 e. The van der Waals surface area contributed by atoms with Crippen LogP contribution in [0.25, 0.3) is 0 Å². The highest BCUT2D eigenvalue weighted by atomic mass is 16.2. The molecule has 2 unspecified atom stereocenters. The number of carbonyl (C=O) groups is 5. The smallest absolute Gasteiger partial charge is 0.242 e. The van der Waals surface area contributed by atoms with Gasteiger partial charge in [-0.05, 0) is 83.7 Å². The first-order chi connectivity index (χ1) is 23.2. The van der Waals surface area contributed by atoms with Gasteiger partial charge in [-0.15, -0.1) is 0 Å². The van der Waals surface area contributed by atoms with Gasteiger partial charge in [-0.1, -0.05) is 71.1 Å². The van der Waals surface area contributed by atoms with E-state index in [-0.39, 0.29) is 23.6 Å². The Morgan fingerprint density at radius 3 is 1.42 bits per heavy atom. The molecule has 0 aromatic heterocycles. The molecule has 0 saturated carbocycles. The predicted octanol–water partition coefficient (Wildman–Crippen LogP) is 3.97. The molecule has 10 N–H and O–H groups in total. The average Bonchev–Trinajstić information content (AvgIpc) is 3.06. The van der Waals surface area contributed by atoms with Crippen LogP contribution in [0.5, 0.6) is 0 Å². The summed E-state index contributed by atoms with van der Waals surface area (Å²) in [4.78, 5) is 60.9. The molecule has 12 heteroatoms. The number of nitrogens with two attached hydrogens (primary N) is 3. The Labute approximate surface area is 291 Å². The molecule has 0 rings (SSSR count). The second-order valence-electron chi connectivity index (χ2n) is 13.1. The Bertz CT molecular complexity index is 859. The Hall–Kier alpha value is -2.73. The minimum Gasteiger partial charge on any atom is -0.368 e. The zero-order chi connectivity index (χ0) is 35.7. The van der Waals surface area contributed by atoms with Crippen molar-refractivity contribution in [3.8, 4) is 0 Å². The van der Waals surface area contributed by atoms with Gasteiger partial charge < -0.3 is 38.5 Å². The van der Waals surface area contributed by atoms with Crippen molar-refractivity contribution in [1.82, 2.24) is 21.3 Å². The van der Waals surface area contributed by atoms with E-state index in [0.717, 1.165) is 122 Å². The summed E-state index contributed by atoms with van der Waals surface area (Å²) in [5, 5.41) is 11.6. The van der Waals surface area contributed by atoms with E-state index in [1.807, 2.05) is 0 Å². The Morgan fingerprint density at radius 2 is 0.896 bits per heavy atom. The summed E-state index contributed by atoms with van der Waals surface area (Å²) in [5.41, 5.74) is 16.5. The van der Waals surface area contributed by atoms with Crippen molar-refractivity contribution >= 4 is 29.5 Å². The van der Waals surface area contributed by atoms with Gasteiger partial charge in [0.05, 0.1) is 0 Å². The maximum atomic E-state index is 12.8. The van der Waals surface area contributed by atoms with Gasteiger partial charge in [0.1, 0.15) is 12.1 Å². The number of unbranched alkanes of at least 4 members (excludes halogenated alkanes) is 14. The average molecular weight is 682 g/mol. The van der Waals surface area contributed by atoms with Crippen molar-refractivity contribution in [1.29, 1.82) is 0 Å². The monoisotopic (exact) mass is 682 g/mol. The zero-order valence-corrected chi connectivity index (χ0v) is 30.2. The van der Waals surface area contributed by atoms with E-state index in [2.05, 4.69) is 28.2 Å². The van der Waals surface area contributed by atoms with Crippen LogP contribution in [-0.2, 0) is 24.0 Å². The van der Waals surface area contributed by atoms with E-state index in [0.29, 0.717) is 58.3 Å². The van der Waals surface area contributed by atoms with Crippen LogP contribution in [0.15, 0.2) is 0 Å². The van der Waals surface area contributed by atoms with Gasteiger partial charge in [0, 0.05) is 32.4 Å². The van der Waals surface area contributed by atoms with E-state index in [9.17, 15) is 24.0 Å². The third-order valence-electron chi connectivity index (χ3n) is 8.51. The van der Waals surface area contributed by atoms with Crippen LogP contribution in [0.2, 0.25) is 0 Å². The predicted molar refractivity (Wildman–Crippen MR) is 194 cm³/mol. The van der Waals surface area contributed by atoms with Crippen LogP contribution in [0.3, 0.4) is 0 Å². The molecule has 0 saturated heterocycles. The van der Waals surface area contributed by atoms with Gasteiger partial charge in [0.2, 0.25) is 29.5 Å². The lowest BCUT2D eigenvalue weighted by atomic mass is 10.1. The highest BCUT2D eigenvalue weighted by Gasteiger charge is 2.20. The standard InChI is InChI=1S/C36H71N7O5/c1-2-3-12-23-32(44)40-28-20-11-14-25-34(46)43-31(22-16-18-27-38)36(48)41-29-19-10-8-6-4-5-7-9-13-24-33(45)42-30(35(39)47)21-15-17-26-37/h30-31H,2-29,37-38H2,1H3,(H2,39,47)(H,40,44)(H,41,48)(H,42,45)(H,43,46). The first kappa shape index (κ1) is 45.3. The largest absolute Gasteiger partial charge is 0.368 e. The molecule has 0 aliphatic carbocycles. The van der Waals surface area contributed by atoms with Crippen molar-refractivity contribution in [2.75, 3.05) is 26.2 Å². The van der Waals surface area contributed by atoms with Crippen molar-refractivity contribution < 1.29 is 24.0 Å². The normalized spacial score (nSPS) is 12.2. The number of carbonyl (C=O) groups excluding carboxylic acids is 5. The molecular formula is C36H71N7O5. The molecule has 2 atom stereocenters. The quantitative estimate of drug-likeness (QED) is 0.0496. The first-order valence-electron chi connectivity index (χ1n) is 19.1. The molecule has 0 aromatic rings. The highest BCUT2D eigenvalue weighted by molar-refractivity contribution is 5.87. The van der Waals surface area contributed by atoms with Crippen LogP contribution < -0.4 is 38.5 Å². The van der Waals surface area contributed by atoms with Gasteiger partial charge in [-0.2, -0.15) is 0 Å². The Kier molecular flexibility index (Phi) is 30.9. The fourth-order valence-electron chi connectivity index (χ4n) is 5.49. The molecule has 0 aromatic carbocycles. The summed E-state index contributed by atoms with van der Waals surface area (Å²) in [6, 6.07) is -1.15. The number of amides is 5. The van der Waals surface area contributed by atoms with Crippen LogP contribution >= 0.6 is 0 Å². The lowest BCUT2D eigenvalue weighted by molar-refractivity contribution is -0.129. The lowest BCUT2D eigenvalue weighted by Crippen LogP contribution is -2.47. The number of primary amides is 1. The summed E-state index contributed by atoms with van der Waals surface area (Å²) < 4.78 is 0. The zero-order valence-electron chi connectivity index (χ0n) is 30.2. The van der Waals surface area contributed by atoms with Crippen molar-refractivity contribution in [3.05, 3.63) is 0 Å². The molecule has 0 radical (unpaired) electrons. The second kappa shape index (κ2) is 32.8. The SMILES string of the molecule is CCCCCC(=O)NCCCCCC(=O)NC(CCCCN)C(=O)NCCCCCCCCCCCC(=O)NC(CCCCN)C(N)=O. The molecule has 0 heterocycles. The number of rotatable bonds is 34. The maximum absolute atomic E-state index is 12.8. The van der Waals surface area contributed by atoms with Crippen LogP contribution in [0.4, 0.5) is 0 Å². The molecule has 0 aliphatic rings. The summed E-state index contributed by atoms with van der Waals surface area (Å²) in [5.74, 6) is -0.754. The molecule has 0 aliphatic heterocycles. The van der Waals surface area contributed by atoms with Crippen LogP contribution in [-0.4, -0.2) is 67.8 Å². The molecule has 12 nitrogen and oxygen atoms in total. The van der Waals surface area contributed by atoms with Crippen molar-refractivity contribution in [2.45, 2.75) is 173 Å². The first-order valence-corrected chi connectivity index (χ1v) is 19.1. The summed E-state index contributed by atoms with van der Waals surface area (Å²) in [6.45, 7) is 4.46. The fraction of sp³-hybridized carbons (Fsp3) is 0.861.